The molecule has 0 unspecified atom stereocenters. The number of para-hydroxylation sites is 1. The lowest BCUT2D eigenvalue weighted by Gasteiger charge is -2.17. The molecule has 0 bridgehead atoms. The van der Waals surface area contributed by atoms with E-state index in [1.54, 1.807) is 25.2 Å². The molecule has 0 saturated heterocycles. The lowest BCUT2D eigenvalue weighted by molar-refractivity contribution is -0.385. The van der Waals surface area contributed by atoms with E-state index in [0.717, 1.165) is 13.0 Å². The molecule has 0 atom stereocenters. The molecule has 1 N–H and O–H groups in total. The number of nitro benzene ring substituents is 1. The van der Waals surface area contributed by atoms with Crippen molar-refractivity contribution in [3.63, 3.8) is 0 Å². The number of benzene rings is 1. The van der Waals surface area contributed by atoms with Gasteiger partial charge in [-0.1, -0.05) is 25.1 Å². The van der Waals surface area contributed by atoms with Crippen molar-refractivity contribution in [2.24, 2.45) is 0 Å². The molecule has 104 valence electrons. The zero-order valence-corrected chi connectivity index (χ0v) is 11.3. The molecule has 0 saturated carbocycles. The molecule has 1 aromatic carbocycles. The number of carbonyl (C=O) groups is 1. The summed E-state index contributed by atoms with van der Waals surface area (Å²) in [7, 11) is 1.65. The van der Waals surface area contributed by atoms with Crippen LogP contribution in [0.25, 0.3) is 0 Å². The lowest BCUT2D eigenvalue weighted by Crippen LogP contribution is -2.35. The van der Waals surface area contributed by atoms with Crippen molar-refractivity contribution in [1.82, 2.24) is 10.2 Å². The Balaban J connectivity index is 2.63. The molecule has 1 aromatic rings. The van der Waals surface area contributed by atoms with Gasteiger partial charge in [-0.2, -0.15) is 0 Å². The Bertz CT molecular complexity index is 449. The predicted octanol–water partition coefficient (Wildman–Crippen LogP) is 1.55. The van der Waals surface area contributed by atoms with E-state index in [2.05, 4.69) is 5.32 Å². The summed E-state index contributed by atoms with van der Waals surface area (Å²) in [6.07, 6.45) is 0.959. The van der Waals surface area contributed by atoms with Gasteiger partial charge in [0, 0.05) is 18.7 Å². The van der Waals surface area contributed by atoms with Crippen LogP contribution in [0.4, 0.5) is 5.69 Å². The van der Waals surface area contributed by atoms with Gasteiger partial charge in [-0.3, -0.25) is 14.9 Å². The molecule has 0 spiro atoms. The van der Waals surface area contributed by atoms with Gasteiger partial charge in [0.1, 0.15) is 0 Å². The fourth-order valence-electron chi connectivity index (χ4n) is 1.67. The molecule has 0 radical (unpaired) electrons. The highest BCUT2D eigenvalue weighted by Crippen LogP contribution is 2.18. The van der Waals surface area contributed by atoms with Gasteiger partial charge in [-0.05, 0) is 13.0 Å². The monoisotopic (exact) mass is 265 g/mol. The molecule has 0 aromatic heterocycles. The summed E-state index contributed by atoms with van der Waals surface area (Å²) in [5.74, 6) is -0.0772. The highest BCUT2D eigenvalue weighted by atomic mass is 16.6. The van der Waals surface area contributed by atoms with Gasteiger partial charge >= 0.3 is 0 Å². The molecule has 1 rings (SSSR count). The van der Waals surface area contributed by atoms with Gasteiger partial charge in [-0.25, -0.2) is 0 Å². The fraction of sp³-hybridized carbons (Fsp3) is 0.462. The number of rotatable bonds is 7. The maximum absolute atomic E-state index is 11.8. The largest absolute Gasteiger partial charge is 0.340 e. The third kappa shape index (κ3) is 4.67. The maximum Gasteiger partial charge on any atom is 0.274 e. The Morgan fingerprint density at radius 2 is 2.11 bits per heavy atom. The number of amides is 1. The normalized spacial score (nSPS) is 10.2. The zero-order chi connectivity index (χ0) is 14.3. The fourth-order valence-corrected chi connectivity index (χ4v) is 1.67. The van der Waals surface area contributed by atoms with Crippen molar-refractivity contribution >= 4 is 11.6 Å². The van der Waals surface area contributed by atoms with Crippen molar-refractivity contribution in [3.05, 3.63) is 39.9 Å². The van der Waals surface area contributed by atoms with Gasteiger partial charge in [0.25, 0.3) is 5.69 Å². The second-order valence-electron chi connectivity index (χ2n) is 4.31. The molecular weight excluding hydrogens is 246 g/mol. The van der Waals surface area contributed by atoms with E-state index < -0.39 is 4.92 Å². The minimum atomic E-state index is -0.428. The molecule has 0 aliphatic rings. The third-order valence-corrected chi connectivity index (χ3v) is 2.72. The second kappa shape index (κ2) is 7.48. The van der Waals surface area contributed by atoms with Gasteiger partial charge in [0.05, 0.1) is 18.0 Å². The van der Waals surface area contributed by atoms with Crippen molar-refractivity contribution in [2.45, 2.75) is 19.9 Å². The topological polar surface area (TPSA) is 75.5 Å². The standard InChI is InChI=1S/C13H19N3O3/c1-3-8-14-9-13(17)15(2)10-11-6-4-5-7-12(11)16(18)19/h4-7,14H,3,8-10H2,1-2H3. The van der Waals surface area contributed by atoms with Gasteiger partial charge in [0.2, 0.25) is 5.91 Å². The summed E-state index contributed by atoms with van der Waals surface area (Å²) in [5, 5.41) is 13.9. The molecule has 0 aliphatic carbocycles. The number of hydrogen-bond acceptors (Lipinski definition) is 4. The van der Waals surface area contributed by atoms with Crippen LogP contribution in [-0.2, 0) is 11.3 Å². The summed E-state index contributed by atoms with van der Waals surface area (Å²) in [5.41, 5.74) is 0.586. The number of nitrogens with one attached hydrogen (secondary N) is 1. The number of nitrogens with zero attached hydrogens (tertiary/aromatic N) is 2. The average molecular weight is 265 g/mol. The summed E-state index contributed by atoms with van der Waals surface area (Å²) in [6.45, 7) is 3.30. The smallest absolute Gasteiger partial charge is 0.274 e. The van der Waals surface area contributed by atoms with E-state index in [4.69, 9.17) is 0 Å². The van der Waals surface area contributed by atoms with E-state index in [9.17, 15) is 14.9 Å². The highest BCUT2D eigenvalue weighted by molar-refractivity contribution is 5.78. The van der Waals surface area contributed by atoms with Crippen molar-refractivity contribution in [1.29, 1.82) is 0 Å². The van der Waals surface area contributed by atoms with Crippen LogP contribution in [0, 0.1) is 10.1 Å². The van der Waals surface area contributed by atoms with Crippen LogP contribution >= 0.6 is 0 Å². The van der Waals surface area contributed by atoms with Crippen molar-refractivity contribution in [3.8, 4) is 0 Å². The zero-order valence-electron chi connectivity index (χ0n) is 11.3. The molecule has 0 fully saturated rings. The SMILES string of the molecule is CCCNCC(=O)N(C)Cc1ccccc1[N+](=O)[O-]. The Morgan fingerprint density at radius 3 is 2.74 bits per heavy atom. The Kier molecular flexibility index (Phi) is 5.95. The van der Waals surface area contributed by atoms with Crippen LogP contribution in [0.5, 0.6) is 0 Å². The number of nitro groups is 1. The second-order valence-corrected chi connectivity index (χ2v) is 4.31. The predicted molar refractivity (Wildman–Crippen MR) is 72.7 cm³/mol. The van der Waals surface area contributed by atoms with Crippen LogP contribution < -0.4 is 5.32 Å². The molecule has 19 heavy (non-hydrogen) atoms. The summed E-state index contributed by atoms with van der Waals surface area (Å²) >= 11 is 0. The molecule has 0 heterocycles. The van der Waals surface area contributed by atoms with Crippen LogP contribution in [0.2, 0.25) is 0 Å². The van der Waals surface area contributed by atoms with Crippen LogP contribution in [0.3, 0.4) is 0 Å². The Morgan fingerprint density at radius 1 is 1.42 bits per heavy atom. The van der Waals surface area contributed by atoms with Gasteiger partial charge in [0.15, 0.2) is 0 Å². The Hall–Kier alpha value is -1.95. The quantitative estimate of drug-likeness (QED) is 0.461. The highest BCUT2D eigenvalue weighted by Gasteiger charge is 2.16. The van der Waals surface area contributed by atoms with E-state index in [-0.39, 0.29) is 24.7 Å². The van der Waals surface area contributed by atoms with Gasteiger partial charge < -0.3 is 10.2 Å². The molecule has 0 aliphatic heterocycles. The van der Waals surface area contributed by atoms with Crippen LogP contribution in [0.15, 0.2) is 24.3 Å². The van der Waals surface area contributed by atoms with Crippen molar-refractivity contribution in [2.75, 3.05) is 20.1 Å². The third-order valence-electron chi connectivity index (χ3n) is 2.72. The first-order chi connectivity index (χ1) is 9.06. The number of carbonyl (C=O) groups excluding carboxylic acids is 1. The molecular formula is C13H19N3O3. The first kappa shape index (κ1) is 15.1. The number of likely N-dealkylation sites (N-methyl/N-ethyl adjacent to an activating group) is 1. The van der Waals surface area contributed by atoms with E-state index >= 15 is 0 Å². The Labute approximate surface area is 112 Å². The van der Waals surface area contributed by atoms with Gasteiger partial charge in [-0.15, -0.1) is 0 Å². The summed E-state index contributed by atoms with van der Waals surface area (Å²) in [6, 6.07) is 6.46. The lowest BCUT2D eigenvalue weighted by atomic mass is 10.1. The van der Waals surface area contributed by atoms with Crippen LogP contribution in [0.1, 0.15) is 18.9 Å². The minimum absolute atomic E-state index is 0.0451. The van der Waals surface area contributed by atoms with Crippen LogP contribution in [-0.4, -0.2) is 35.9 Å². The molecule has 1 amide bonds. The molecule has 6 heteroatoms. The van der Waals surface area contributed by atoms with E-state index in [1.165, 1.54) is 11.0 Å². The van der Waals surface area contributed by atoms with Crippen molar-refractivity contribution < 1.29 is 9.72 Å². The molecule has 6 nitrogen and oxygen atoms in total. The summed E-state index contributed by atoms with van der Waals surface area (Å²) in [4.78, 5) is 23.7. The first-order valence-electron chi connectivity index (χ1n) is 6.23. The van der Waals surface area contributed by atoms with E-state index in [1.807, 2.05) is 6.92 Å². The van der Waals surface area contributed by atoms with E-state index in [0.29, 0.717) is 5.56 Å². The first-order valence-corrected chi connectivity index (χ1v) is 6.23. The minimum Gasteiger partial charge on any atom is -0.340 e. The maximum atomic E-state index is 11.8. The average Bonchev–Trinajstić information content (AvgIpc) is 2.39. The number of hydrogen-bond donors (Lipinski definition) is 1. The summed E-state index contributed by atoms with van der Waals surface area (Å²) < 4.78 is 0.